The van der Waals surface area contributed by atoms with E-state index in [-0.39, 0.29) is 24.0 Å². The van der Waals surface area contributed by atoms with Gasteiger partial charge in [0.1, 0.15) is 0 Å². The number of nitrogens with zero attached hydrogens (tertiary/aromatic N) is 1. The fraction of sp³-hybridized carbons (Fsp3) is 0.316. The Morgan fingerprint density at radius 3 is 2.58 bits per heavy atom. The first-order valence-corrected chi connectivity index (χ1v) is 8.79. The van der Waals surface area contributed by atoms with E-state index < -0.39 is 0 Å². The van der Waals surface area contributed by atoms with Gasteiger partial charge in [-0.3, -0.25) is 4.99 Å². The average molecular weight is 488 g/mol. The number of benzene rings is 2. The molecule has 0 aromatic heterocycles. The van der Waals surface area contributed by atoms with Crippen molar-refractivity contribution in [3.05, 3.63) is 53.1 Å². The Hall–Kier alpha value is -1.67. The molecule has 0 saturated heterocycles. The molecule has 7 heteroatoms. The zero-order valence-corrected chi connectivity index (χ0v) is 17.5. The van der Waals surface area contributed by atoms with Crippen LogP contribution in [0.4, 0.5) is 5.69 Å². The lowest BCUT2D eigenvalue weighted by atomic mass is 10.1. The number of aliphatic imine (C=N–C) groups is 1. The second-order valence-electron chi connectivity index (χ2n) is 5.83. The molecule has 0 fully saturated rings. The van der Waals surface area contributed by atoms with Gasteiger partial charge < -0.3 is 20.5 Å². The molecule has 0 spiro atoms. The Balaban J connectivity index is 0.00000243. The van der Waals surface area contributed by atoms with Crippen molar-refractivity contribution in [1.82, 2.24) is 0 Å². The highest BCUT2D eigenvalue weighted by molar-refractivity contribution is 14.0. The number of guanidine groups is 1. The van der Waals surface area contributed by atoms with Crippen molar-refractivity contribution in [3.8, 4) is 11.5 Å². The fourth-order valence-corrected chi connectivity index (χ4v) is 2.69. The van der Waals surface area contributed by atoms with Gasteiger partial charge in [-0.05, 0) is 42.7 Å². The maximum Gasteiger partial charge on any atom is 0.193 e. The van der Waals surface area contributed by atoms with Crippen LogP contribution < -0.4 is 20.5 Å². The monoisotopic (exact) mass is 487 g/mol. The average Bonchev–Trinajstić information content (AvgIpc) is 2.85. The number of rotatable bonds is 5. The third kappa shape index (κ3) is 6.25. The summed E-state index contributed by atoms with van der Waals surface area (Å²) in [7, 11) is 0. The zero-order valence-electron chi connectivity index (χ0n) is 14.4. The lowest BCUT2D eigenvalue weighted by Gasteiger charge is -2.10. The summed E-state index contributed by atoms with van der Waals surface area (Å²) in [5, 5.41) is 3.85. The van der Waals surface area contributed by atoms with Crippen LogP contribution in [0.25, 0.3) is 0 Å². The maximum atomic E-state index is 5.96. The molecular weight excluding hydrogens is 465 g/mol. The Labute approximate surface area is 175 Å². The SMILES string of the molecule is I.NC(=NCCCc1ccc(Cl)cc1)Nc1ccc2c(c1)OCCCO2. The van der Waals surface area contributed by atoms with Gasteiger partial charge >= 0.3 is 0 Å². The minimum absolute atomic E-state index is 0. The molecule has 26 heavy (non-hydrogen) atoms. The van der Waals surface area contributed by atoms with Crippen LogP contribution >= 0.6 is 35.6 Å². The van der Waals surface area contributed by atoms with Gasteiger partial charge in [-0.15, -0.1) is 24.0 Å². The predicted octanol–water partition coefficient (Wildman–Crippen LogP) is 4.48. The summed E-state index contributed by atoms with van der Waals surface area (Å²) in [6.45, 7) is 1.99. The van der Waals surface area contributed by atoms with Crippen LogP contribution in [0.2, 0.25) is 5.02 Å². The highest BCUT2D eigenvalue weighted by Gasteiger charge is 2.10. The van der Waals surface area contributed by atoms with E-state index in [0.29, 0.717) is 25.7 Å². The number of ether oxygens (including phenoxy) is 2. The van der Waals surface area contributed by atoms with Gasteiger partial charge in [0, 0.05) is 29.7 Å². The Bertz CT molecular complexity index is 738. The summed E-state index contributed by atoms with van der Waals surface area (Å²) in [6, 6.07) is 13.5. The number of nitrogens with two attached hydrogens (primary N) is 1. The largest absolute Gasteiger partial charge is 0.490 e. The molecule has 140 valence electrons. The van der Waals surface area contributed by atoms with E-state index in [1.165, 1.54) is 5.56 Å². The van der Waals surface area contributed by atoms with Crippen LogP contribution in [0.1, 0.15) is 18.4 Å². The first-order valence-electron chi connectivity index (χ1n) is 8.42. The summed E-state index contributed by atoms with van der Waals surface area (Å²) in [5.74, 6) is 1.89. The van der Waals surface area contributed by atoms with E-state index in [9.17, 15) is 0 Å². The molecule has 0 bridgehead atoms. The van der Waals surface area contributed by atoms with E-state index in [1.54, 1.807) is 0 Å². The molecule has 1 aliphatic rings. The van der Waals surface area contributed by atoms with Crippen LogP contribution in [-0.4, -0.2) is 25.7 Å². The van der Waals surface area contributed by atoms with Crippen molar-refractivity contribution < 1.29 is 9.47 Å². The molecule has 2 aromatic carbocycles. The number of anilines is 1. The molecule has 0 atom stereocenters. The number of hydrogen-bond donors (Lipinski definition) is 2. The maximum absolute atomic E-state index is 5.96. The van der Waals surface area contributed by atoms with Gasteiger partial charge in [0.25, 0.3) is 0 Å². The molecule has 1 aliphatic heterocycles. The third-order valence-electron chi connectivity index (χ3n) is 3.84. The van der Waals surface area contributed by atoms with Crippen molar-refractivity contribution in [2.45, 2.75) is 19.3 Å². The van der Waals surface area contributed by atoms with Gasteiger partial charge in [0.05, 0.1) is 13.2 Å². The smallest absolute Gasteiger partial charge is 0.193 e. The number of nitrogens with one attached hydrogen (secondary N) is 1. The normalized spacial score (nSPS) is 13.5. The van der Waals surface area contributed by atoms with E-state index in [2.05, 4.69) is 10.3 Å². The zero-order chi connectivity index (χ0) is 17.5. The Kier molecular flexibility index (Phi) is 8.31. The molecule has 5 nitrogen and oxygen atoms in total. The fourth-order valence-electron chi connectivity index (χ4n) is 2.56. The van der Waals surface area contributed by atoms with Crippen LogP contribution in [0.5, 0.6) is 11.5 Å². The molecule has 0 amide bonds. The second-order valence-corrected chi connectivity index (χ2v) is 6.27. The standard InChI is InChI=1S/C19H22ClN3O2.HI/c20-15-6-4-14(5-7-15)3-1-10-22-19(21)23-16-8-9-17-18(13-16)25-12-2-11-24-17;/h4-9,13H,1-3,10-12H2,(H3,21,22,23);1H. The van der Waals surface area contributed by atoms with Gasteiger partial charge in [-0.2, -0.15) is 0 Å². The topological polar surface area (TPSA) is 68.9 Å². The van der Waals surface area contributed by atoms with Crippen molar-refractivity contribution in [3.63, 3.8) is 0 Å². The van der Waals surface area contributed by atoms with Gasteiger partial charge in [0.2, 0.25) is 0 Å². The predicted molar refractivity (Wildman–Crippen MR) is 117 cm³/mol. The summed E-state index contributed by atoms with van der Waals surface area (Å²) in [5.41, 5.74) is 8.04. The van der Waals surface area contributed by atoms with E-state index in [1.807, 2.05) is 42.5 Å². The van der Waals surface area contributed by atoms with Crippen LogP contribution in [0.3, 0.4) is 0 Å². The minimum Gasteiger partial charge on any atom is -0.490 e. The summed E-state index contributed by atoms with van der Waals surface area (Å²) in [4.78, 5) is 4.37. The third-order valence-corrected chi connectivity index (χ3v) is 4.09. The molecule has 2 aromatic rings. The Morgan fingerprint density at radius 1 is 1.08 bits per heavy atom. The lowest BCUT2D eigenvalue weighted by molar-refractivity contribution is 0.297. The highest BCUT2D eigenvalue weighted by atomic mass is 127. The van der Waals surface area contributed by atoms with E-state index in [0.717, 1.165) is 41.5 Å². The summed E-state index contributed by atoms with van der Waals surface area (Å²) < 4.78 is 11.3. The first-order chi connectivity index (χ1) is 12.2. The molecule has 0 saturated carbocycles. The van der Waals surface area contributed by atoms with Crippen molar-refractivity contribution in [2.24, 2.45) is 10.7 Å². The van der Waals surface area contributed by atoms with Crippen molar-refractivity contribution >= 4 is 47.2 Å². The number of halogens is 2. The van der Waals surface area contributed by atoms with Gasteiger partial charge in [-0.1, -0.05) is 23.7 Å². The number of aryl methyl sites for hydroxylation is 1. The number of fused-ring (bicyclic) bond motifs is 1. The van der Waals surface area contributed by atoms with Gasteiger partial charge in [-0.25, -0.2) is 0 Å². The van der Waals surface area contributed by atoms with E-state index >= 15 is 0 Å². The molecule has 3 N–H and O–H groups in total. The first kappa shape index (κ1) is 20.6. The molecule has 0 unspecified atom stereocenters. The Morgan fingerprint density at radius 2 is 1.81 bits per heavy atom. The minimum atomic E-state index is 0. The van der Waals surface area contributed by atoms with Crippen molar-refractivity contribution in [2.75, 3.05) is 25.1 Å². The van der Waals surface area contributed by atoms with Crippen molar-refractivity contribution in [1.29, 1.82) is 0 Å². The molecule has 0 radical (unpaired) electrons. The van der Waals surface area contributed by atoms with Crippen LogP contribution in [0.15, 0.2) is 47.5 Å². The van der Waals surface area contributed by atoms with Crippen LogP contribution in [-0.2, 0) is 6.42 Å². The van der Waals surface area contributed by atoms with Crippen LogP contribution in [0, 0.1) is 0 Å². The quantitative estimate of drug-likeness (QED) is 0.282. The molecular formula is C19H23ClIN3O2. The summed E-state index contributed by atoms with van der Waals surface area (Å²) >= 11 is 5.88. The molecule has 0 aliphatic carbocycles. The molecule has 3 rings (SSSR count). The van der Waals surface area contributed by atoms with E-state index in [4.69, 9.17) is 26.8 Å². The van der Waals surface area contributed by atoms with Gasteiger partial charge in [0.15, 0.2) is 17.5 Å². The highest BCUT2D eigenvalue weighted by Crippen LogP contribution is 2.32. The number of hydrogen-bond acceptors (Lipinski definition) is 3. The summed E-state index contributed by atoms with van der Waals surface area (Å²) in [6.07, 6.45) is 2.75. The second kappa shape index (κ2) is 10.5. The molecule has 1 heterocycles. The lowest BCUT2D eigenvalue weighted by Crippen LogP contribution is -2.22.